The fourth-order valence-corrected chi connectivity index (χ4v) is 2.72. The quantitative estimate of drug-likeness (QED) is 0.842. The Balaban J connectivity index is 1.92. The number of aryl methyl sites for hydroxylation is 1. The molecule has 1 heterocycles. The Hall–Kier alpha value is -1.26. The number of Topliss-reactive ketones (excluding diaryl/α,β-unsaturated/α-hetero) is 1. The molecular formula is C16H22FNO2. The van der Waals surface area contributed by atoms with E-state index in [1.807, 2.05) is 0 Å². The van der Waals surface area contributed by atoms with Crippen LogP contribution in [0.2, 0.25) is 0 Å². The lowest BCUT2D eigenvalue weighted by molar-refractivity contribution is 0.0793. The number of benzene rings is 1. The molecule has 1 aliphatic rings. The molecule has 0 amide bonds. The molecule has 0 saturated carbocycles. The van der Waals surface area contributed by atoms with Gasteiger partial charge >= 0.3 is 0 Å². The van der Waals surface area contributed by atoms with Gasteiger partial charge in [-0.05, 0) is 37.9 Å². The summed E-state index contributed by atoms with van der Waals surface area (Å²) in [5.41, 5.74) is 0.989. The van der Waals surface area contributed by atoms with Gasteiger partial charge in [-0.2, -0.15) is 0 Å². The molecular weight excluding hydrogens is 257 g/mol. The standard InChI is InChI=1S/C16H22FNO2/c1-12-5-6-13(10-15(12)17)16(20)7-9-18-8-3-2-4-14(18)11-19/h5-6,10,14,19H,2-4,7-9,11H2,1H3. The van der Waals surface area contributed by atoms with Crippen LogP contribution in [0.15, 0.2) is 18.2 Å². The third-order valence-electron chi connectivity index (χ3n) is 4.08. The van der Waals surface area contributed by atoms with E-state index in [4.69, 9.17) is 0 Å². The topological polar surface area (TPSA) is 40.5 Å². The summed E-state index contributed by atoms with van der Waals surface area (Å²) in [7, 11) is 0. The number of halogens is 1. The van der Waals surface area contributed by atoms with Crippen molar-refractivity contribution in [1.29, 1.82) is 0 Å². The number of hydrogen-bond acceptors (Lipinski definition) is 3. The fraction of sp³-hybridized carbons (Fsp3) is 0.562. The van der Waals surface area contributed by atoms with Crippen molar-refractivity contribution in [2.45, 2.75) is 38.6 Å². The van der Waals surface area contributed by atoms with Crippen LogP contribution in [-0.2, 0) is 0 Å². The molecule has 0 aromatic heterocycles. The molecule has 2 rings (SSSR count). The Bertz CT molecular complexity index is 476. The zero-order valence-corrected chi connectivity index (χ0v) is 11.9. The summed E-state index contributed by atoms with van der Waals surface area (Å²) in [4.78, 5) is 14.3. The summed E-state index contributed by atoms with van der Waals surface area (Å²) in [6, 6.07) is 4.81. The molecule has 1 fully saturated rings. The van der Waals surface area contributed by atoms with E-state index in [0.29, 0.717) is 24.1 Å². The Morgan fingerprint density at radius 1 is 1.45 bits per heavy atom. The van der Waals surface area contributed by atoms with Gasteiger partial charge in [0, 0.05) is 24.6 Å². The average Bonchev–Trinajstić information content (AvgIpc) is 2.47. The van der Waals surface area contributed by atoms with Crippen molar-refractivity contribution in [1.82, 2.24) is 4.90 Å². The van der Waals surface area contributed by atoms with Crippen LogP contribution in [-0.4, -0.2) is 41.5 Å². The van der Waals surface area contributed by atoms with Crippen molar-refractivity contribution in [2.24, 2.45) is 0 Å². The van der Waals surface area contributed by atoms with Gasteiger partial charge in [-0.15, -0.1) is 0 Å². The molecule has 1 unspecified atom stereocenters. The van der Waals surface area contributed by atoms with Gasteiger partial charge in [0.15, 0.2) is 5.78 Å². The smallest absolute Gasteiger partial charge is 0.164 e. The number of rotatable bonds is 5. The molecule has 1 aliphatic heterocycles. The monoisotopic (exact) mass is 279 g/mol. The highest BCUT2D eigenvalue weighted by molar-refractivity contribution is 5.96. The third-order valence-corrected chi connectivity index (χ3v) is 4.08. The van der Waals surface area contributed by atoms with Gasteiger partial charge in [0.1, 0.15) is 5.82 Å². The molecule has 0 aliphatic carbocycles. The molecule has 1 aromatic rings. The summed E-state index contributed by atoms with van der Waals surface area (Å²) in [5, 5.41) is 9.33. The molecule has 1 saturated heterocycles. The molecule has 20 heavy (non-hydrogen) atoms. The average molecular weight is 279 g/mol. The van der Waals surface area contributed by atoms with Gasteiger partial charge in [0.05, 0.1) is 6.61 Å². The molecule has 3 nitrogen and oxygen atoms in total. The first-order valence-corrected chi connectivity index (χ1v) is 7.26. The maximum Gasteiger partial charge on any atom is 0.164 e. The van der Waals surface area contributed by atoms with Gasteiger partial charge in [-0.1, -0.05) is 18.6 Å². The maximum atomic E-state index is 13.5. The predicted molar refractivity (Wildman–Crippen MR) is 76.4 cm³/mol. The third kappa shape index (κ3) is 3.64. The predicted octanol–water partition coefficient (Wildman–Crippen LogP) is 2.55. The highest BCUT2D eigenvalue weighted by Crippen LogP contribution is 2.18. The molecule has 1 aromatic carbocycles. The minimum Gasteiger partial charge on any atom is -0.395 e. The number of ketones is 1. The van der Waals surface area contributed by atoms with E-state index in [1.165, 1.54) is 6.07 Å². The van der Waals surface area contributed by atoms with Gasteiger partial charge < -0.3 is 5.11 Å². The minimum absolute atomic E-state index is 0.0360. The maximum absolute atomic E-state index is 13.5. The highest BCUT2D eigenvalue weighted by atomic mass is 19.1. The first-order valence-electron chi connectivity index (χ1n) is 7.26. The Kier molecular flexibility index (Phi) is 5.26. The van der Waals surface area contributed by atoms with E-state index in [-0.39, 0.29) is 24.2 Å². The summed E-state index contributed by atoms with van der Waals surface area (Å²) in [6.07, 6.45) is 3.62. The van der Waals surface area contributed by atoms with E-state index in [9.17, 15) is 14.3 Å². The molecule has 0 spiro atoms. The van der Waals surface area contributed by atoms with Crippen molar-refractivity contribution >= 4 is 5.78 Å². The zero-order valence-electron chi connectivity index (χ0n) is 11.9. The van der Waals surface area contributed by atoms with Crippen LogP contribution in [0.5, 0.6) is 0 Å². The molecule has 0 radical (unpaired) electrons. The van der Waals surface area contributed by atoms with E-state index in [2.05, 4.69) is 4.90 Å². The zero-order chi connectivity index (χ0) is 14.5. The Morgan fingerprint density at radius 3 is 2.95 bits per heavy atom. The number of carbonyl (C=O) groups excluding carboxylic acids is 1. The summed E-state index contributed by atoms with van der Waals surface area (Å²) < 4.78 is 13.5. The normalized spacial score (nSPS) is 20.1. The second-order valence-corrected chi connectivity index (χ2v) is 5.51. The summed E-state index contributed by atoms with van der Waals surface area (Å²) >= 11 is 0. The lowest BCUT2D eigenvalue weighted by atomic mass is 10.0. The van der Waals surface area contributed by atoms with Crippen molar-refractivity contribution in [2.75, 3.05) is 19.7 Å². The van der Waals surface area contributed by atoms with Crippen molar-refractivity contribution in [3.8, 4) is 0 Å². The number of carbonyl (C=O) groups is 1. The number of piperidine rings is 1. The fourth-order valence-electron chi connectivity index (χ4n) is 2.72. The molecule has 4 heteroatoms. The largest absolute Gasteiger partial charge is 0.395 e. The van der Waals surface area contributed by atoms with Gasteiger partial charge in [-0.3, -0.25) is 9.69 Å². The number of aliphatic hydroxyl groups excluding tert-OH is 1. The van der Waals surface area contributed by atoms with Crippen molar-refractivity contribution in [3.63, 3.8) is 0 Å². The van der Waals surface area contributed by atoms with Crippen molar-refractivity contribution in [3.05, 3.63) is 35.1 Å². The molecule has 1 atom stereocenters. The van der Waals surface area contributed by atoms with Crippen LogP contribution >= 0.6 is 0 Å². The SMILES string of the molecule is Cc1ccc(C(=O)CCN2CCCCC2CO)cc1F. The van der Waals surface area contributed by atoms with Crippen LogP contribution in [0.4, 0.5) is 4.39 Å². The lowest BCUT2D eigenvalue weighted by Gasteiger charge is -2.34. The van der Waals surface area contributed by atoms with Crippen LogP contribution in [0.3, 0.4) is 0 Å². The number of nitrogens with zero attached hydrogens (tertiary/aromatic N) is 1. The first-order chi connectivity index (χ1) is 9.61. The van der Waals surface area contributed by atoms with Gasteiger partial charge in [0.2, 0.25) is 0 Å². The molecule has 110 valence electrons. The highest BCUT2D eigenvalue weighted by Gasteiger charge is 2.22. The number of likely N-dealkylation sites (tertiary alicyclic amines) is 1. The number of hydrogen-bond donors (Lipinski definition) is 1. The number of aliphatic hydroxyl groups is 1. The summed E-state index contributed by atoms with van der Waals surface area (Å²) in [5.74, 6) is -0.367. The van der Waals surface area contributed by atoms with Crippen LogP contribution in [0.25, 0.3) is 0 Å². The Labute approximate surface area is 119 Å². The van der Waals surface area contributed by atoms with Crippen LogP contribution < -0.4 is 0 Å². The summed E-state index contributed by atoms with van der Waals surface area (Å²) in [6.45, 7) is 3.40. The van der Waals surface area contributed by atoms with Crippen LogP contribution in [0.1, 0.15) is 41.6 Å². The van der Waals surface area contributed by atoms with E-state index >= 15 is 0 Å². The molecule has 1 N–H and O–H groups in total. The van der Waals surface area contributed by atoms with Gasteiger partial charge in [0.25, 0.3) is 0 Å². The van der Waals surface area contributed by atoms with E-state index in [1.54, 1.807) is 19.1 Å². The van der Waals surface area contributed by atoms with E-state index < -0.39 is 0 Å². The van der Waals surface area contributed by atoms with Gasteiger partial charge in [-0.25, -0.2) is 4.39 Å². The van der Waals surface area contributed by atoms with E-state index in [0.717, 1.165) is 25.8 Å². The lowest BCUT2D eigenvalue weighted by Crippen LogP contribution is -2.42. The molecule has 0 bridgehead atoms. The minimum atomic E-state index is -0.331. The first kappa shape index (κ1) is 15.1. The second kappa shape index (κ2) is 6.95. The van der Waals surface area contributed by atoms with Crippen molar-refractivity contribution < 1.29 is 14.3 Å². The second-order valence-electron chi connectivity index (χ2n) is 5.51. The van der Waals surface area contributed by atoms with Crippen LogP contribution in [0, 0.1) is 12.7 Å². The Morgan fingerprint density at radius 2 is 2.25 bits per heavy atom.